The third-order valence-electron chi connectivity index (χ3n) is 5.63. The lowest BCUT2D eigenvalue weighted by Gasteiger charge is -2.28. The van der Waals surface area contributed by atoms with Crippen LogP contribution >= 0.6 is 15.9 Å². The number of fused-ring (bicyclic) bond motifs is 1. The lowest BCUT2D eigenvalue weighted by Crippen LogP contribution is -2.29. The fraction of sp³-hybridized carbons (Fsp3) is 0.333. The van der Waals surface area contributed by atoms with Gasteiger partial charge in [-0.25, -0.2) is 4.98 Å². The summed E-state index contributed by atoms with van der Waals surface area (Å²) < 4.78 is 7.58. The molecule has 30 heavy (non-hydrogen) atoms. The van der Waals surface area contributed by atoms with Gasteiger partial charge in [-0.15, -0.1) is 0 Å². The van der Waals surface area contributed by atoms with E-state index < -0.39 is 0 Å². The maximum absolute atomic E-state index is 4.91. The number of hydrogen-bond acceptors (Lipinski definition) is 7. The molecule has 0 atom stereocenters. The van der Waals surface area contributed by atoms with Gasteiger partial charge in [0.1, 0.15) is 5.82 Å². The second-order valence-electron chi connectivity index (χ2n) is 7.68. The Hall–Kier alpha value is -2.78. The Morgan fingerprint density at radius 3 is 2.73 bits per heavy atom. The van der Waals surface area contributed by atoms with E-state index in [9.17, 15) is 0 Å². The average molecular weight is 468 g/mol. The smallest absolute Gasteiger partial charge is 0.214 e. The van der Waals surface area contributed by atoms with E-state index in [1.165, 1.54) is 6.39 Å². The summed E-state index contributed by atoms with van der Waals surface area (Å²) in [5.74, 6) is 2.01. The minimum atomic E-state index is 0.475. The number of piperidine rings is 1. The van der Waals surface area contributed by atoms with Crippen LogP contribution < -0.4 is 5.32 Å². The number of benzene rings is 1. The van der Waals surface area contributed by atoms with E-state index in [0.717, 1.165) is 58.7 Å². The summed E-state index contributed by atoms with van der Waals surface area (Å²) in [5, 5.41) is 11.9. The van der Waals surface area contributed by atoms with Crippen molar-refractivity contribution in [3.05, 3.63) is 58.7 Å². The fourth-order valence-corrected chi connectivity index (χ4v) is 4.20. The largest absolute Gasteiger partial charge is 0.366 e. The molecule has 0 aliphatic carbocycles. The molecule has 1 aromatic carbocycles. The van der Waals surface area contributed by atoms with Gasteiger partial charge in [-0.1, -0.05) is 29.4 Å². The summed E-state index contributed by atoms with van der Waals surface area (Å²) in [6.45, 7) is 2.89. The molecule has 5 rings (SSSR count). The van der Waals surface area contributed by atoms with Gasteiger partial charge < -0.3 is 14.7 Å². The molecule has 4 heterocycles. The van der Waals surface area contributed by atoms with Gasteiger partial charge in [-0.2, -0.15) is 14.6 Å². The first kappa shape index (κ1) is 19.2. The number of likely N-dealkylation sites (tertiary alicyclic amines) is 1. The highest BCUT2D eigenvalue weighted by molar-refractivity contribution is 9.10. The number of aromatic nitrogens is 5. The molecule has 1 aliphatic rings. The number of halogens is 1. The van der Waals surface area contributed by atoms with Crippen molar-refractivity contribution < 1.29 is 4.52 Å². The standard InChI is InChI=1S/C21H22BrN7O/c1-28-8-6-15(7-9-28)18-10-19(29-21(26-18)17(22)12-25-29)23-11-14-2-4-16(5-3-14)20-24-13-30-27-20/h2-5,10,12-13,15,23H,6-9,11H2,1H3. The third-order valence-corrected chi connectivity index (χ3v) is 6.19. The lowest BCUT2D eigenvalue weighted by molar-refractivity contribution is 0.253. The Morgan fingerprint density at radius 1 is 1.20 bits per heavy atom. The molecule has 1 aliphatic heterocycles. The summed E-state index contributed by atoms with van der Waals surface area (Å²) in [6, 6.07) is 10.3. The maximum atomic E-state index is 4.91. The monoisotopic (exact) mass is 467 g/mol. The molecular weight excluding hydrogens is 446 g/mol. The first-order chi connectivity index (χ1) is 14.7. The first-order valence-corrected chi connectivity index (χ1v) is 10.8. The second-order valence-corrected chi connectivity index (χ2v) is 8.53. The number of rotatable bonds is 5. The lowest BCUT2D eigenvalue weighted by atomic mass is 9.93. The average Bonchev–Trinajstić information content (AvgIpc) is 3.44. The zero-order chi connectivity index (χ0) is 20.5. The van der Waals surface area contributed by atoms with E-state index in [0.29, 0.717) is 18.3 Å². The molecular formula is C21H22BrN7O. The topological polar surface area (TPSA) is 84.4 Å². The number of nitrogens with zero attached hydrogens (tertiary/aromatic N) is 6. The van der Waals surface area contributed by atoms with Gasteiger partial charge in [0.2, 0.25) is 12.2 Å². The van der Waals surface area contributed by atoms with Crippen LogP contribution in [0, 0.1) is 0 Å². The molecule has 3 aromatic heterocycles. The summed E-state index contributed by atoms with van der Waals surface area (Å²) in [6.07, 6.45) is 5.39. The molecule has 0 unspecified atom stereocenters. The Morgan fingerprint density at radius 2 is 2.00 bits per heavy atom. The van der Waals surface area contributed by atoms with Crippen molar-refractivity contribution in [3.8, 4) is 11.4 Å². The van der Waals surface area contributed by atoms with Gasteiger partial charge >= 0.3 is 0 Å². The van der Waals surface area contributed by atoms with E-state index in [-0.39, 0.29) is 0 Å². The zero-order valence-corrected chi connectivity index (χ0v) is 18.2. The van der Waals surface area contributed by atoms with Crippen molar-refractivity contribution in [2.24, 2.45) is 0 Å². The van der Waals surface area contributed by atoms with Crippen molar-refractivity contribution in [2.75, 3.05) is 25.5 Å². The van der Waals surface area contributed by atoms with Crippen molar-refractivity contribution in [2.45, 2.75) is 25.3 Å². The van der Waals surface area contributed by atoms with Crippen LogP contribution in [-0.2, 0) is 6.54 Å². The molecule has 4 aromatic rings. The highest BCUT2D eigenvalue weighted by Gasteiger charge is 2.22. The Bertz CT molecular complexity index is 1130. The third kappa shape index (κ3) is 3.82. The van der Waals surface area contributed by atoms with Gasteiger partial charge in [0, 0.05) is 29.8 Å². The summed E-state index contributed by atoms with van der Waals surface area (Å²) in [4.78, 5) is 11.4. The van der Waals surface area contributed by atoms with Crippen molar-refractivity contribution in [1.29, 1.82) is 0 Å². The van der Waals surface area contributed by atoms with Crippen molar-refractivity contribution in [1.82, 2.24) is 29.6 Å². The highest BCUT2D eigenvalue weighted by Crippen LogP contribution is 2.30. The zero-order valence-electron chi connectivity index (χ0n) is 16.6. The summed E-state index contributed by atoms with van der Waals surface area (Å²) >= 11 is 3.59. The molecule has 8 nitrogen and oxygen atoms in total. The quantitative estimate of drug-likeness (QED) is 0.475. The van der Waals surface area contributed by atoms with Gasteiger partial charge in [-0.05, 0) is 54.5 Å². The van der Waals surface area contributed by atoms with E-state index in [2.05, 4.69) is 66.6 Å². The molecule has 0 amide bonds. The van der Waals surface area contributed by atoms with Crippen LogP contribution in [-0.4, -0.2) is 49.8 Å². The maximum Gasteiger partial charge on any atom is 0.214 e. The summed E-state index contributed by atoms with van der Waals surface area (Å²) in [5.41, 5.74) is 4.06. The SMILES string of the molecule is CN1CCC(c2cc(NCc3ccc(-c4ncon4)cc3)n3ncc(Br)c3n2)CC1. The molecule has 0 spiro atoms. The van der Waals surface area contributed by atoms with E-state index in [4.69, 9.17) is 9.51 Å². The van der Waals surface area contributed by atoms with Crippen LogP contribution in [0.15, 0.2) is 51.9 Å². The van der Waals surface area contributed by atoms with Crippen LogP contribution in [0.2, 0.25) is 0 Å². The van der Waals surface area contributed by atoms with Crippen LogP contribution in [0.4, 0.5) is 5.82 Å². The predicted molar refractivity (Wildman–Crippen MR) is 117 cm³/mol. The second kappa shape index (κ2) is 8.16. The van der Waals surface area contributed by atoms with E-state index in [1.807, 2.05) is 16.6 Å². The number of anilines is 1. The minimum Gasteiger partial charge on any atom is -0.366 e. The van der Waals surface area contributed by atoms with Crippen LogP contribution in [0.5, 0.6) is 0 Å². The molecule has 0 radical (unpaired) electrons. The van der Waals surface area contributed by atoms with Gasteiger partial charge in [-0.3, -0.25) is 0 Å². The normalized spacial score (nSPS) is 15.7. The molecule has 1 N–H and O–H groups in total. The number of hydrogen-bond donors (Lipinski definition) is 1. The molecule has 9 heteroatoms. The number of nitrogens with one attached hydrogen (secondary N) is 1. The Labute approximate surface area is 182 Å². The van der Waals surface area contributed by atoms with Gasteiger partial charge in [0.25, 0.3) is 0 Å². The van der Waals surface area contributed by atoms with Gasteiger partial charge in [0.15, 0.2) is 5.65 Å². The van der Waals surface area contributed by atoms with Crippen molar-refractivity contribution in [3.63, 3.8) is 0 Å². The molecule has 1 fully saturated rings. The van der Waals surface area contributed by atoms with Crippen LogP contribution in [0.3, 0.4) is 0 Å². The highest BCUT2D eigenvalue weighted by atomic mass is 79.9. The fourth-order valence-electron chi connectivity index (χ4n) is 3.86. The summed E-state index contributed by atoms with van der Waals surface area (Å²) in [7, 11) is 2.18. The first-order valence-electron chi connectivity index (χ1n) is 9.99. The van der Waals surface area contributed by atoms with Crippen molar-refractivity contribution >= 4 is 27.4 Å². The van der Waals surface area contributed by atoms with E-state index >= 15 is 0 Å². The van der Waals surface area contributed by atoms with Crippen LogP contribution in [0.1, 0.15) is 30.0 Å². The predicted octanol–water partition coefficient (Wildman–Crippen LogP) is 3.96. The van der Waals surface area contributed by atoms with E-state index in [1.54, 1.807) is 6.20 Å². The molecule has 1 saturated heterocycles. The Balaban J connectivity index is 1.38. The molecule has 0 bridgehead atoms. The molecule has 154 valence electrons. The Kier molecular flexibility index (Phi) is 5.22. The van der Waals surface area contributed by atoms with Gasteiger partial charge in [0.05, 0.1) is 10.7 Å². The minimum absolute atomic E-state index is 0.475. The van der Waals surface area contributed by atoms with Crippen LogP contribution in [0.25, 0.3) is 17.0 Å². The molecule has 0 saturated carbocycles.